The second-order valence-corrected chi connectivity index (χ2v) is 5.03. The lowest BCUT2D eigenvalue weighted by atomic mass is 9.75. The van der Waals surface area contributed by atoms with Crippen molar-refractivity contribution in [1.82, 2.24) is 5.32 Å². The maximum absolute atomic E-state index is 5.94. The molecule has 3 N–H and O–H groups in total. The largest absolute Gasteiger partial charge is 0.329 e. The summed E-state index contributed by atoms with van der Waals surface area (Å²) in [6, 6.07) is 0. The zero-order chi connectivity index (χ0) is 10.7. The van der Waals surface area contributed by atoms with Gasteiger partial charge in [-0.1, -0.05) is 26.3 Å². The van der Waals surface area contributed by atoms with Gasteiger partial charge in [-0.3, -0.25) is 0 Å². The van der Waals surface area contributed by atoms with Gasteiger partial charge in [0.25, 0.3) is 0 Å². The molecular weight excluding hydrogens is 172 g/mol. The Labute approximate surface area is 87.9 Å². The molecule has 1 fully saturated rings. The molecule has 0 aromatic carbocycles. The lowest BCUT2D eigenvalue weighted by molar-refractivity contribution is 0.165. The lowest BCUT2D eigenvalue weighted by Gasteiger charge is -2.42. The first kappa shape index (κ1) is 11.7. The van der Waals surface area contributed by atoms with E-state index in [-0.39, 0.29) is 5.54 Å². The quantitative estimate of drug-likeness (QED) is 0.522. The zero-order valence-electron chi connectivity index (χ0n) is 9.60. The predicted octanol–water partition coefficient (Wildman–Crippen LogP) is 2.06. The molecule has 0 spiro atoms. The molecule has 2 heteroatoms. The second kappa shape index (κ2) is 4.45. The van der Waals surface area contributed by atoms with Crippen LogP contribution in [0.4, 0.5) is 0 Å². The molecular formula is C12H24N2. The van der Waals surface area contributed by atoms with Crippen molar-refractivity contribution in [3.05, 3.63) is 12.7 Å². The molecule has 0 bridgehead atoms. The first-order chi connectivity index (χ1) is 6.58. The minimum absolute atomic E-state index is 0.163. The molecule has 0 heterocycles. The normalized spacial score (nSPS) is 30.5. The van der Waals surface area contributed by atoms with E-state index in [0.29, 0.717) is 5.41 Å². The average molecular weight is 196 g/mol. The van der Waals surface area contributed by atoms with Crippen LogP contribution < -0.4 is 11.1 Å². The summed E-state index contributed by atoms with van der Waals surface area (Å²) in [5, 5.41) is 3.64. The molecule has 1 saturated carbocycles. The molecule has 2 nitrogen and oxygen atoms in total. The smallest absolute Gasteiger partial charge is 0.0355 e. The fourth-order valence-electron chi connectivity index (χ4n) is 2.60. The minimum atomic E-state index is 0.163. The van der Waals surface area contributed by atoms with Gasteiger partial charge in [0.05, 0.1) is 0 Å². The fraction of sp³-hybridized carbons (Fsp3) is 0.833. The predicted molar refractivity (Wildman–Crippen MR) is 62.2 cm³/mol. The van der Waals surface area contributed by atoms with Crippen LogP contribution in [-0.4, -0.2) is 18.6 Å². The first-order valence-corrected chi connectivity index (χ1v) is 5.64. The maximum atomic E-state index is 5.94. The monoisotopic (exact) mass is 196 g/mol. The second-order valence-electron chi connectivity index (χ2n) is 5.03. The minimum Gasteiger partial charge on any atom is -0.329 e. The Morgan fingerprint density at radius 3 is 2.57 bits per heavy atom. The summed E-state index contributed by atoms with van der Waals surface area (Å²) in [7, 11) is 0. The molecule has 0 radical (unpaired) electrons. The van der Waals surface area contributed by atoms with Crippen LogP contribution in [0, 0.1) is 5.41 Å². The first-order valence-electron chi connectivity index (χ1n) is 5.64. The van der Waals surface area contributed by atoms with Crippen LogP contribution in [-0.2, 0) is 0 Å². The molecule has 1 rings (SSSR count). The van der Waals surface area contributed by atoms with E-state index in [1.165, 1.54) is 19.3 Å². The number of hydrogen-bond donors (Lipinski definition) is 2. The van der Waals surface area contributed by atoms with Crippen molar-refractivity contribution in [3.63, 3.8) is 0 Å². The SMILES string of the molecule is C=CCCNC1(CN)CCCC1(C)C. The van der Waals surface area contributed by atoms with E-state index in [0.717, 1.165) is 19.5 Å². The Balaban J connectivity index is 2.60. The Morgan fingerprint density at radius 1 is 1.43 bits per heavy atom. The van der Waals surface area contributed by atoms with Crippen LogP contribution in [0.25, 0.3) is 0 Å². The van der Waals surface area contributed by atoms with Gasteiger partial charge in [-0.25, -0.2) is 0 Å². The number of hydrogen-bond acceptors (Lipinski definition) is 2. The Kier molecular flexibility index (Phi) is 3.73. The molecule has 0 amide bonds. The van der Waals surface area contributed by atoms with Crippen molar-refractivity contribution in [2.75, 3.05) is 13.1 Å². The van der Waals surface area contributed by atoms with Crippen LogP contribution in [0.1, 0.15) is 39.5 Å². The van der Waals surface area contributed by atoms with Gasteiger partial charge in [-0.2, -0.15) is 0 Å². The van der Waals surface area contributed by atoms with Gasteiger partial charge in [0.2, 0.25) is 0 Å². The number of nitrogens with one attached hydrogen (secondary N) is 1. The third-order valence-corrected chi connectivity index (χ3v) is 3.86. The van der Waals surface area contributed by atoms with Crippen molar-refractivity contribution < 1.29 is 0 Å². The molecule has 1 aliphatic rings. The van der Waals surface area contributed by atoms with Crippen molar-refractivity contribution in [2.24, 2.45) is 11.1 Å². The van der Waals surface area contributed by atoms with E-state index in [1.807, 2.05) is 6.08 Å². The molecule has 0 aliphatic heterocycles. The van der Waals surface area contributed by atoms with E-state index in [1.54, 1.807) is 0 Å². The Bertz CT molecular complexity index is 198. The van der Waals surface area contributed by atoms with Gasteiger partial charge >= 0.3 is 0 Å². The van der Waals surface area contributed by atoms with Crippen LogP contribution in [0.2, 0.25) is 0 Å². The molecule has 14 heavy (non-hydrogen) atoms. The average Bonchev–Trinajstić information content (AvgIpc) is 2.43. The number of nitrogens with two attached hydrogens (primary N) is 1. The summed E-state index contributed by atoms with van der Waals surface area (Å²) in [4.78, 5) is 0. The number of rotatable bonds is 5. The van der Waals surface area contributed by atoms with Crippen LogP contribution in [0.3, 0.4) is 0 Å². The van der Waals surface area contributed by atoms with E-state index in [4.69, 9.17) is 5.73 Å². The summed E-state index contributed by atoms with van der Waals surface area (Å²) in [5.41, 5.74) is 6.44. The summed E-state index contributed by atoms with van der Waals surface area (Å²) in [6.07, 6.45) is 6.78. The Morgan fingerprint density at radius 2 is 2.14 bits per heavy atom. The maximum Gasteiger partial charge on any atom is 0.0355 e. The molecule has 0 aromatic heterocycles. The highest BCUT2D eigenvalue weighted by atomic mass is 15.0. The lowest BCUT2D eigenvalue weighted by Crippen LogP contribution is -2.57. The van der Waals surface area contributed by atoms with E-state index in [9.17, 15) is 0 Å². The summed E-state index contributed by atoms with van der Waals surface area (Å²) >= 11 is 0. The topological polar surface area (TPSA) is 38.0 Å². The standard InChI is InChI=1S/C12H24N2/c1-4-5-9-14-12(10-13)8-6-7-11(12,2)3/h4,14H,1,5-10,13H2,2-3H3. The molecule has 0 saturated heterocycles. The van der Waals surface area contributed by atoms with Crippen molar-refractivity contribution in [1.29, 1.82) is 0 Å². The van der Waals surface area contributed by atoms with Gasteiger partial charge in [0.1, 0.15) is 0 Å². The molecule has 1 atom stereocenters. The van der Waals surface area contributed by atoms with Crippen LogP contribution in [0.15, 0.2) is 12.7 Å². The molecule has 1 aliphatic carbocycles. The van der Waals surface area contributed by atoms with Crippen molar-refractivity contribution in [3.8, 4) is 0 Å². The fourth-order valence-corrected chi connectivity index (χ4v) is 2.60. The van der Waals surface area contributed by atoms with E-state index < -0.39 is 0 Å². The molecule has 1 unspecified atom stereocenters. The summed E-state index contributed by atoms with van der Waals surface area (Å²) in [5.74, 6) is 0. The highest BCUT2D eigenvalue weighted by Crippen LogP contribution is 2.45. The van der Waals surface area contributed by atoms with Gasteiger partial charge in [0, 0.05) is 12.1 Å². The third-order valence-electron chi connectivity index (χ3n) is 3.86. The zero-order valence-corrected chi connectivity index (χ0v) is 9.60. The van der Waals surface area contributed by atoms with Gasteiger partial charge < -0.3 is 11.1 Å². The van der Waals surface area contributed by atoms with Gasteiger partial charge in [-0.05, 0) is 31.2 Å². The highest BCUT2D eigenvalue weighted by molar-refractivity contribution is 5.05. The van der Waals surface area contributed by atoms with Gasteiger partial charge in [-0.15, -0.1) is 6.58 Å². The summed E-state index contributed by atoms with van der Waals surface area (Å²) < 4.78 is 0. The van der Waals surface area contributed by atoms with E-state index in [2.05, 4.69) is 25.7 Å². The molecule has 0 aromatic rings. The van der Waals surface area contributed by atoms with Gasteiger partial charge in [0.15, 0.2) is 0 Å². The van der Waals surface area contributed by atoms with Crippen LogP contribution in [0.5, 0.6) is 0 Å². The molecule has 82 valence electrons. The van der Waals surface area contributed by atoms with Crippen LogP contribution >= 0.6 is 0 Å². The van der Waals surface area contributed by atoms with Crippen molar-refractivity contribution >= 4 is 0 Å². The third kappa shape index (κ3) is 2.01. The summed E-state index contributed by atoms with van der Waals surface area (Å²) in [6.45, 7) is 10.1. The highest BCUT2D eigenvalue weighted by Gasteiger charge is 2.46. The van der Waals surface area contributed by atoms with Crippen molar-refractivity contribution in [2.45, 2.75) is 45.1 Å². The Hall–Kier alpha value is -0.340. The van der Waals surface area contributed by atoms with E-state index >= 15 is 0 Å².